The van der Waals surface area contributed by atoms with Crippen LogP contribution in [0.4, 0.5) is 0 Å². The third-order valence-electron chi connectivity index (χ3n) is 2.50. The molecule has 0 aliphatic rings. The van der Waals surface area contributed by atoms with Gasteiger partial charge in [-0.25, -0.2) is 0 Å². The fourth-order valence-electron chi connectivity index (χ4n) is 0.885. The first-order valence-electron chi connectivity index (χ1n) is 4.66. The van der Waals surface area contributed by atoms with Crippen molar-refractivity contribution >= 4 is 0 Å². The van der Waals surface area contributed by atoms with Crippen molar-refractivity contribution in [2.24, 2.45) is 5.92 Å². The number of hydrogen-bond donors (Lipinski definition) is 1. The van der Waals surface area contributed by atoms with Gasteiger partial charge in [-0.15, -0.1) is 0 Å². The van der Waals surface area contributed by atoms with Gasteiger partial charge in [0.25, 0.3) is 0 Å². The van der Waals surface area contributed by atoms with Crippen molar-refractivity contribution in [3.63, 3.8) is 0 Å². The Balaban J connectivity index is 3.83. The lowest BCUT2D eigenvalue weighted by atomic mass is 9.97. The Morgan fingerprint density at radius 2 is 1.64 bits per heavy atom. The van der Waals surface area contributed by atoms with Crippen LogP contribution in [0.2, 0.25) is 0 Å². The van der Waals surface area contributed by atoms with Crippen LogP contribution >= 0.6 is 0 Å². The van der Waals surface area contributed by atoms with Gasteiger partial charge in [0.15, 0.2) is 0 Å². The van der Waals surface area contributed by atoms with Gasteiger partial charge >= 0.3 is 0 Å². The minimum absolute atomic E-state index is 0.295. The summed E-state index contributed by atoms with van der Waals surface area (Å²) in [5, 5.41) is 3.61. The largest absolute Gasteiger partial charge is 0.309 e. The molecular formula is C10H23N. The van der Waals surface area contributed by atoms with Crippen LogP contribution < -0.4 is 5.32 Å². The summed E-state index contributed by atoms with van der Waals surface area (Å²) >= 11 is 0. The van der Waals surface area contributed by atoms with E-state index in [1.54, 1.807) is 0 Å². The van der Waals surface area contributed by atoms with Crippen molar-refractivity contribution in [2.75, 3.05) is 0 Å². The Labute approximate surface area is 71.6 Å². The molecule has 0 saturated carbocycles. The molecule has 0 saturated heterocycles. The van der Waals surface area contributed by atoms with Crippen molar-refractivity contribution in [1.29, 1.82) is 0 Å². The molecule has 0 bridgehead atoms. The molecule has 0 aliphatic carbocycles. The van der Waals surface area contributed by atoms with Crippen molar-refractivity contribution in [2.45, 2.75) is 59.5 Å². The number of rotatable bonds is 4. The predicted molar refractivity (Wildman–Crippen MR) is 51.8 cm³/mol. The van der Waals surface area contributed by atoms with Gasteiger partial charge in [0.2, 0.25) is 0 Å². The zero-order chi connectivity index (χ0) is 9.07. The van der Waals surface area contributed by atoms with Crippen molar-refractivity contribution in [1.82, 2.24) is 5.32 Å². The summed E-state index contributed by atoms with van der Waals surface area (Å²) in [7, 11) is 0. The molecule has 11 heavy (non-hydrogen) atoms. The molecule has 0 aromatic carbocycles. The van der Waals surface area contributed by atoms with Gasteiger partial charge in [-0.2, -0.15) is 0 Å². The van der Waals surface area contributed by atoms with Gasteiger partial charge < -0.3 is 5.32 Å². The molecule has 0 amide bonds. The first-order chi connectivity index (χ1) is 4.89. The van der Waals surface area contributed by atoms with Gasteiger partial charge in [-0.1, -0.05) is 20.8 Å². The summed E-state index contributed by atoms with van der Waals surface area (Å²) in [6.45, 7) is 13.5. The predicted octanol–water partition coefficient (Wildman–Crippen LogP) is 2.81. The highest BCUT2D eigenvalue weighted by molar-refractivity contribution is 4.79. The summed E-state index contributed by atoms with van der Waals surface area (Å²) in [5.41, 5.74) is 0.295. The maximum Gasteiger partial charge on any atom is 0.0125 e. The van der Waals surface area contributed by atoms with E-state index in [4.69, 9.17) is 0 Å². The second-order valence-corrected chi connectivity index (χ2v) is 4.41. The monoisotopic (exact) mass is 157 g/mol. The van der Waals surface area contributed by atoms with Crippen LogP contribution in [0.3, 0.4) is 0 Å². The smallest absolute Gasteiger partial charge is 0.0125 e. The Kier molecular flexibility index (Phi) is 4.09. The molecule has 0 aromatic heterocycles. The summed E-state index contributed by atoms with van der Waals surface area (Å²) in [6, 6.07) is 0.616. The lowest BCUT2D eigenvalue weighted by Crippen LogP contribution is -2.46. The topological polar surface area (TPSA) is 12.0 Å². The molecule has 0 aromatic rings. The van der Waals surface area contributed by atoms with Gasteiger partial charge in [-0.3, -0.25) is 0 Å². The Bertz CT molecular complexity index is 105. The summed E-state index contributed by atoms with van der Waals surface area (Å²) in [4.78, 5) is 0. The summed E-state index contributed by atoms with van der Waals surface area (Å²) in [5.74, 6) is 0.723. The van der Waals surface area contributed by atoms with Crippen LogP contribution in [0.5, 0.6) is 0 Å². The van der Waals surface area contributed by atoms with Crippen LogP contribution in [0.1, 0.15) is 48.0 Å². The molecule has 0 heterocycles. The normalized spacial score (nSPS) is 15.5. The highest BCUT2D eigenvalue weighted by atomic mass is 15.0. The number of nitrogens with one attached hydrogen (secondary N) is 1. The molecule has 0 fully saturated rings. The van der Waals surface area contributed by atoms with E-state index >= 15 is 0 Å². The Morgan fingerprint density at radius 3 is 1.91 bits per heavy atom. The summed E-state index contributed by atoms with van der Waals surface area (Å²) < 4.78 is 0. The molecule has 0 aliphatic heterocycles. The average molecular weight is 157 g/mol. The van der Waals surface area contributed by atoms with E-state index in [-0.39, 0.29) is 0 Å². The molecule has 1 unspecified atom stereocenters. The first-order valence-corrected chi connectivity index (χ1v) is 4.66. The van der Waals surface area contributed by atoms with E-state index in [2.05, 4.69) is 46.9 Å². The lowest BCUT2D eigenvalue weighted by molar-refractivity contribution is 0.293. The molecule has 0 spiro atoms. The molecule has 1 atom stereocenters. The van der Waals surface area contributed by atoms with Crippen molar-refractivity contribution in [3.05, 3.63) is 0 Å². The van der Waals surface area contributed by atoms with E-state index in [9.17, 15) is 0 Å². The fraction of sp³-hybridized carbons (Fsp3) is 1.00. The van der Waals surface area contributed by atoms with Crippen molar-refractivity contribution in [3.8, 4) is 0 Å². The third kappa shape index (κ3) is 4.41. The second-order valence-electron chi connectivity index (χ2n) is 4.41. The van der Waals surface area contributed by atoms with Gasteiger partial charge in [-0.05, 0) is 33.1 Å². The van der Waals surface area contributed by atoms with Gasteiger partial charge in [0, 0.05) is 11.6 Å². The van der Waals surface area contributed by atoms with Crippen LogP contribution in [0.15, 0.2) is 0 Å². The standard InChI is InChI=1S/C10H23N/c1-7-10(5,6)11-9(4)8(2)3/h8-9,11H,7H2,1-6H3. The van der Waals surface area contributed by atoms with Crippen LogP contribution in [-0.4, -0.2) is 11.6 Å². The van der Waals surface area contributed by atoms with Crippen LogP contribution in [-0.2, 0) is 0 Å². The van der Waals surface area contributed by atoms with E-state index in [1.165, 1.54) is 6.42 Å². The molecular weight excluding hydrogens is 134 g/mol. The van der Waals surface area contributed by atoms with Crippen LogP contribution in [0, 0.1) is 5.92 Å². The second kappa shape index (κ2) is 4.10. The highest BCUT2D eigenvalue weighted by Gasteiger charge is 2.18. The van der Waals surface area contributed by atoms with E-state index in [1.807, 2.05) is 0 Å². The molecule has 1 nitrogen and oxygen atoms in total. The Hall–Kier alpha value is -0.0400. The maximum absolute atomic E-state index is 3.61. The Morgan fingerprint density at radius 1 is 1.18 bits per heavy atom. The molecule has 68 valence electrons. The van der Waals surface area contributed by atoms with E-state index in [0.717, 1.165) is 5.92 Å². The third-order valence-corrected chi connectivity index (χ3v) is 2.50. The quantitative estimate of drug-likeness (QED) is 0.661. The summed E-state index contributed by atoms with van der Waals surface area (Å²) in [6.07, 6.45) is 1.18. The molecule has 1 N–H and O–H groups in total. The average Bonchev–Trinajstić information content (AvgIpc) is 1.87. The zero-order valence-corrected chi connectivity index (χ0v) is 8.86. The molecule has 1 heteroatoms. The lowest BCUT2D eigenvalue weighted by Gasteiger charge is -2.31. The molecule has 0 rings (SSSR count). The van der Waals surface area contributed by atoms with Crippen LogP contribution in [0.25, 0.3) is 0 Å². The van der Waals surface area contributed by atoms with Gasteiger partial charge in [0.05, 0.1) is 0 Å². The minimum atomic E-state index is 0.295. The van der Waals surface area contributed by atoms with Crippen molar-refractivity contribution < 1.29 is 0 Å². The SMILES string of the molecule is CCC(C)(C)NC(C)C(C)C. The van der Waals surface area contributed by atoms with E-state index in [0.29, 0.717) is 11.6 Å². The van der Waals surface area contributed by atoms with Gasteiger partial charge in [0.1, 0.15) is 0 Å². The highest BCUT2D eigenvalue weighted by Crippen LogP contribution is 2.11. The number of hydrogen-bond acceptors (Lipinski definition) is 1. The van der Waals surface area contributed by atoms with E-state index < -0.39 is 0 Å². The first kappa shape index (κ1) is 11.0. The molecule has 0 radical (unpaired) electrons. The zero-order valence-electron chi connectivity index (χ0n) is 8.86. The maximum atomic E-state index is 3.61. The minimum Gasteiger partial charge on any atom is -0.309 e. The fourth-order valence-corrected chi connectivity index (χ4v) is 0.885.